The fourth-order valence-corrected chi connectivity index (χ4v) is 3.87. The second-order valence-corrected chi connectivity index (χ2v) is 5.93. The number of pyridine rings is 1. The first-order chi connectivity index (χ1) is 9.93. The van der Waals surface area contributed by atoms with Crippen molar-refractivity contribution in [3.63, 3.8) is 0 Å². The van der Waals surface area contributed by atoms with Gasteiger partial charge in [0.2, 0.25) is 0 Å². The average molecular weight is 264 g/mol. The summed E-state index contributed by atoms with van der Waals surface area (Å²) in [7, 11) is 0. The first-order valence-electron chi connectivity index (χ1n) is 7.68. The summed E-state index contributed by atoms with van der Waals surface area (Å²) in [5, 5.41) is 3.75. The van der Waals surface area contributed by atoms with Crippen LogP contribution < -0.4 is 5.32 Å². The molecule has 2 heterocycles. The summed E-state index contributed by atoms with van der Waals surface area (Å²) in [6.07, 6.45) is 6.81. The number of aromatic nitrogens is 1. The van der Waals surface area contributed by atoms with E-state index in [0.29, 0.717) is 12.0 Å². The zero-order chi connectivity index (χ0) is 13.4. The second-order valence-electron chi connectivity index (χ2n) is 5.93. The highest BCUT2D eigenvalue weighted by atomic mass is 14.9. The number of rotatable bonds is 1. The van der Waals surface area contributed by atoms with Crippen LogP contribution in [-0.4, -0.2) is 11.5 Å². The predicted octanol–water partition coefficient (Wildman–Crippen LogP) is 3.39. The lowest BCUT2D eigenvalue weighted by atomic mass is 9.77. The van der Waals surface area contributed by atoms with Gasteiger partial charge in [-0.1, -0.05) is 30.3 Å². The van der Waals surface area contributed by atoms with Crippen LogP contribution in [0.1, 0.15) is 47.2 Å². The number of benzene rings is 1. The van der Waals surface area contributed by atoms with E-state index in [1.807, 2.05) is 6.20 Å². The molecular formula is C18H20N2. The molecule has 1 aromatic carbocycles. The first-order valence-corrected chi connectivity index (χ1v) is 7.68. The van der Waals surface area contributed by atoms with Crippen LogP contribution in [0.5, 0.6) is 0 Å². The molecule has 0 saturated carbocycles. The third kappa shape index (κ3) is 1.95. The van der Waals surface area contributed by atoms with Gasteiger partial charge in [0, 0.05) is 23.9 Å². The lowest BCUT2D eigenvalue weighted by molar-refractivity contribution is 0.380. The molecule has 2 heteroatoms. The summed E-state index contributed by atoms with van der Waals surface area (Å²) in [5.74, 6) is 0.529. The van der Waals surface area contributed by atoms with Crippen LogP contribution in [0.2, 0.25) is 0 Å². The van der Waals surface area contributed by atoms with E-state index in [0.717, 1.165) is 13.0 Å². The van der Waals surface area contributed by atoms with E-state index in [9.17, 15) is 0 Å². The minimum Gasteiger partial charge on any atom is -0.309 e. The third-order valence-corrected chi connectivity index (χ3v) is 4.79. The van der Waals surface area contributed by atoms with Gasteiger partial charge in [-0.25, -0.2) is 0 Å². The Morgan fingerprint density at radius 3 is 2.90 bits per heavy atom. The summed E-state index contributed by atoms with van der Waals surface area (Å²) < 4.78 is 0. The molecule has 2 unspecified atom stereocenters. The molecule has 0 bridgehead atoms. The molecule has 0 amide bonds. The second kappa shape index (κ2) is 5.02. The normalized spacial score (nSPS) is 24.8. The Morgan fingerprint density at radius 1 is 1.00 bits per heavy atom. The molecule has 4 rings (SSSR count). The van der Waals surface area contributed by atoms with Crippen molar-refractivity contribution in [2.24, 2.45) is 0 Å². The molecule has 1 N–H and O–H groups in total. The molecule has 102 valence electrons. The van der Waals surface area contributed by atoms with Crippen molar-refractivity contribution in [1.82, 2.24) is 10.3 Å². The number of nitrogens with one attached hydrogen (secondary N) is 1. The van der Waals surface area contributed by atoms with Crippen molar-refractivity contribution < 1.29 is 0 Å². The summed E-state index contributed by atoms with van der Waals surface area (Å²) >= 11 is 0. The minimum absolute atomic E-state index is 0.439. The Bertz CT molecular complexity index is 565. The molecule has 0 fully saturated rings. The van der Waals surface area contributed by atoms with Gasteiger partial charge in [0.1, 0.15) is 0 Å². The van der Waals surface area contributed by atoms with Crippen LogP contribution in [0.4, 0.5) is 0 Å². The highest BCUT2D eigenvalue weighted by molar-refractivity contribution is 5.37. The molecule has 20 heavy (non-hydrogen) atoms. The standard InChI is InChI=1S/C18H20N2/c1-2-8-15-13(5-1)10-12-20-18(15)16-9-3-6-14-7-4-11-19-17(14)16/h1-2,4-5,7-8,11,16,18,20H,3,6,9-10,12H2. The summed E-state index contributed by atoms with van der Waals surface area (Å²) in [5.41, 5.74) is 5.78. The van der Waals surface area contributed by atoms with Crippen LogP contribution in [0.25, 0.3) is 0 Å². The highest BCUT2D eigenvalue weighted by Crippen LogP contribution is 2.41. The molecule has 1 aromatic heterocycles. The number of hydrogen-bond acceptors (Lipinski definition) is 2. The van der Waals surface area contributed by atoms with Gasteiger partial charge >= 0.3 is 0 Å². The Morgan fingerprint density at radius 2 is 1.90 bits per heavy atom. The smallest absolute Gasteiger partial charge is 0.0485 e. The van der Waals surface area contributed by atoms with E-state index in [1.165, 1.54) is 41.6 Å². The van der Waals surface area contributed by atoms with Crippen molar-refractivity contribution in [3.8, 4) is 0 Å². The van der Waals surface area contributed by atoms with E-state index in [-0.39, 0.29) is 0 Å². The Kier molecular flexibility index (Phi) is 3.04. The number of aryl methyl sites for hydroxylation is 1. The van der Waals surface area contributed by atoms with Gasteiger partial charge in [-0.05, 0) is 55.0 Å². The van der Waals surface area contributed by atoms with Crippen LogP contribution in [0.15, 0.2) is 42.6 Å². The SMILES string of the molecule is c1ccc2c(c1)CCNC2C1CCCc2cccnc21. The molecule has 0 radical (unpaired) electrons. The van der Waals surface area contributed by atoms with E-state index >= 15 is 0 Å². The van der Waals surface area contributed by atoms with Crippen LogP contribution >= 0.6 is 0 Å². The van der Waals surface area contributed by atoms with Gasteiger partial charge < -0.3 is 5.32 Å². The summed E-state index contributed by atoms with van der Waals surface area (Å²) in [6, 6.07) is 13.7. The number of hydrogen-bond donors (Lipinski definition) is 1. The molecule has 2 aliphatic rings. The molecule has 1 aliphatic heterocycles. The van der Waals surface area contributed by atoms with Gasteiger partial charge in [0.15, 0.2) is 0 Å². The van der Waals surface area contributed by atoms with E-state index in [1.54, 1.807) is 0 Å². The topological polar surface area (TPSA) is 24.9 Å². The Hall–Kier alpha value is -1.67. The zero-order valence-corrected chi connectivity index (χ0v) is 11.7. The quantitative estimate of drug-likeness (QED) is 0.854. The first kappa shape index (κ1) is 12.1. The lowest BCUT2D eigenvalue weighted by Gasteiger charge is -2.36. The van der Waals surface area contributed by atoms with Gasteiger partial charge in [0.25, 0.3) is 0 Å². The molecule has 1 aliphatic carbocycles. The Balaban J connectivity index is 1.77. The summed E-state index contributed by atoms with van der Waals surface area (Å²) in [6.45, 7) is 1.08. The lowest BCUT2D eigenvalue weighted by Crippen LogP contribution is -2.35. The van der Waals surface area contributed by atoms with Crippen molar-refractivity contribution in [2.45, 2.75) is 37.6 Å². The van der Waals surface area contributed by atoms with Gasteiger partial charge in [-0.15, -0.1) is 0 Å². The van der Waals surface area contributed by atoms with E-state index in [4.69, 9.17) is 4.98 Å². The van der Waals surface area contributed by atoms with E-state index < -0.39 is 0 Å². The molecule has 0 saturated heterocycles. The maximum atomic E-state index is 4.71. The monoisotopic (exact) mass is 264 g/mol. The van der Waals surface area contributed by atoms with E-state index in [2.05, 4.69) is 41.7 Å². The maximum absolute atomic E-state index is 4.71. The maximum Gasteiger partial charge on any atom is 0.0485 e. The van der Waals surface area contributed by atoms with Crippen LogP contribution in [-0.2, 0) is 12.8 Å². The average Bonchev–Trinajstić information content (AvgIpc) is 2.54. The fraction of sp³-hybridized carbons (Fsp3) is 0.389. The molecule has 2 nitrogen and oxygen atoms in total. The van der Waals surface area contributed by atoms with Crippen LogP contribution in [0.3, 0.4) is 0 Å². The predicted molar refractivity (Wildman–Crippen MR) is 80.8 cm³/mol. The van der Waals surface area contributed by atoms with Crippen molar-refractivity contribution >= 4 is 0 Å². The number of nitrogens with zero attached hydrogens (tertiary/aromatic N) is 1. The highest BCUT2D eigenvalue weighted by Gasteiger charge is 2.32. The third-order valence-electron chi connectivity index (χ3n) is 4.79. The largest absolute Gasteiger partial charge is 0.309 e. The van der Waals surface area contributed by atoms with Gasteiger partial charge in [-0.2, -0.15) is 0 Å². The number of fused-ring (bicyclic) bond motifs is 2. The molecular weight excluding hydrogens is 244 g/mol. The van der Waals surface area contributed by atoms with Crippen molar-refractivity contribution in [1.29, 1.82) is 0 Å². The zero-order valence-electron chi connectivity index (χ0n) is 11.7. The van der Waals surface area contributed by atoms with Crippen molar-refractivity contribution in [2.75, 3.05) is 6.54 Å². The fourth-order valence-electron chi connectivity index (χ4n) is 3.87. The van der Waals surface area contributed by atoms with Gasteiger partial charge in [-0.3, -0.25) is 4.98 Å². The van der Waals surface area contributed by atoms with Crippen molar-refractivity contribution in [3.05, 3.63) is 65.0 Å². The van der Waals surface area contributed by atoms with Gasteiger partial charge in [0.05, 0.1) is 0 Å². The molecule has 2 atom stereocenters. The molecule has 2 aromatic rings. The van der Waals surface area contributed by atoms with Crippen LogP contribution in [0, 0.1) is 0 Å². The molecule has 0 spiro atoms. The Labute approximate surface area is 120 Å². The minimum atomic E-state index is 0.439. The summed E-state index contributed by atoms with van der Waals surface area (Å²) in [4.78, 5) is 4.71.